The quantitative estimate of drug-likeness (QED) is 0.147. The van der Waals surface area contributed by atoms with Crippen molar-refractivity contribution in [3.63, 3.8) is 0 Å². The molecule has 0 bridgehead atoms. The number of carbonyl (C=O) groups excluding carboxylic acids is 1. The van der Waals surface area contributed by atoms with Crippen molar-refractivity contribution >= 4 is 5.97 Å². The first-order valence-corrected chi connectivity index (χ1v) is 11.9. The van der Waals surface area contributed by atoms with Crippen molar-refractivity contribution in [2.24, 2.45) is 5.92 Å². The van der Waals surface area contributed by atoms with Gasteiger partial charge in [0, 0.05) is 25.2 Å². The molecule has 0 spiro atoms. The highest BCUT2D eigenvalue weighted by Crippen LogP contribution is 2.42. The molecule has 0 aromatic rings. The third-order valence-corrected chi connectivity index (χ3v) is 6.02. The van der Waals surface area contributed by atoms with E-state index in [1.54, 1.807) is 0 Å². The average Bonchev–Trinajstić information content (AvgIpc) is 3.05. The van der Waals surface area contributed by atoms with Crippen LogP contribution in [0.15, 0.2) is 24.3 Å². The third kappa shape index (κ3) is 10.7. The summed E-state index contributed by atoms with van der Waals surface area (Å²) in [6.07, 6.45) is 20.4. The smallest absolute Gasteiger partial charge is 0.330 e. The van der Waals surface area contributed by atoms with Gasteiger partial charge in [-0.25, -0.2) is 4.79 Å². The molecule has 0 aliphatic heterocycles. The number of rotatable bonds is 17. The van der Waals surface area contributed by atoms with Crippen molar-refractivity contribution in [1.82, 2.24) is 0 Å². The Balaban J connectivity index is 2.52. The first kappa shape index (κ1) is 26.9. The van der Waals surface area contributed by atoms with Crippen LogP contribution in [0.5, 0.6) is 0 Å². The molecule has 1 fully saturated rings. The molecule has 0 amide bonds. The van der Waals surface area contributed by atoms with Gasteiger partial charge in [0.15, 0.2) is 0 Å². The summed E-state index contributed by atoms with van der Waals surface area (Å²) in [5.74, 6) is -0.268. The fourth-order valence-electron chi connectivity index (χ4n) is 4.16. The monoisotopic (exact) mass is 424 g/mol. The molecule has 3 atom stereocenters. The molecule has 1 saturated carbocycles. The third-order valence-electron chi connectivity index (χ3n) is 6.02. The summed E-state index contributed by atoms with van der Waals surface area (Å²) in [7, 11) is 1.38. The van der Waals surface area contributed by atoms with E-state index in [-0.39, 0.29) is 24.6 Å². The van der Waals surface area contributed by atoms with E-state index in [1.165, 1.54) is 13.2 Å². The predicted molar refractivity (Wildman–Crippen MR) is 121 cm³/mol. The van der Waals surface area contributed by atoms with Crippen LogP contribution in [0.25, 0.3) is 0 Å². The Labute approximate surface area is 183 Å². The van der Waals surface area contributed by atoms with Gasteiger partial charge >= 0.3 is 5.97 Å². The molecular weight excluding hydrogens is 380 g/mol. The molecule has 0 heterocycles. The fraction of sp³-hybridized carbons (Fsp3) is 0.800. The first-order chi connectivity index (χ1) is 14.6. The van der Waals surface area contributed by atoms with Crippen LogP contribution in [-0.2, 0) is 14.3 Å². The van der Waals surface area contributed by atoms with Crippen LogP contribution in [0.4, 0.5) is 0 Å². The van der Waals surface area contributed by atoms with Crippen LogP contribution in [0.3, 0.4) is 0 Å². The molecule has 30 heavy (non-hydrogen) atoms. The van der Waals surface area contributed by atoms with Gasteiger partial charge in [0.25, 0.3) is 0 Å². The predicted octanol–water partition coefficient (Wildman–Crippen LogP) is 5.10. The zero-order valence-corrected chi connectivity index (χ0v) is 19.2. The van der Waals surface area contributed by atoms with Crippen molar-refractivity contribution < 1.29 is 24.5 Å². The van der Waals surface area contributed by atoms with Gasteiger partial charge in [-0.15, -0.1) is 0 Å². The lowest BCUT2D eigenvalue weighted by molar-refractivity contribution is -0.134. The molecule has 5 heteroatoms. The Morgan fingerprint density at radius 1 is 1.07 bits per heavy atom. The van der Waals surface area contributed by atoms with Crippen LogP contribution in [0.1, 0.15) is 90.4 Å². The number of aliphatic hydroxyl groups is 2. The molecule has 1 rings (SSSR count). The van der Waals surface area contributed by atoms with Crippen LogP contribution >= 0.6 is 0 Å². The highest BCUT2D eigenvalue weighted by molar-refractivity contribution is 5.81. The summed E-state index contributed by atoms with van der Waals surface area (Å²) >= 11 is 0. The van der Waals surface area contributed by atoms with Gasteiger partial charge in [-0.3, -0.25) is 0 Å². The molecule has 0 saturated heterocycles. The highest BCUT2D eigenvalue weighted by atomic mass is 16.5. The number of unbranched alkanes of at least 4 members (excludes halogenated alkanes) is 7. The van der Waals surface area contributed by atoms with Gasteiger partial charge in [0.05, 0.1) is 18.8 Å². The first-order valence-electron chi connectivity index (χ1n) is 11.9. The minimum atomic E-state index is -0.698. The number of aliphatic hydroxyl groups excluding tert-OH is 1. The van der Waals surface area contributed by atoms with Crippen LogP contribution < -0.4 is 0 Å². The van der Waals surface area contributed by atoms with Crippen LogP contribution in [0.2, 0.25) is 0 Å². The van der Waals surface area contributed by atoms with E-state index < -0.39 is 5.60 Å². The van der Waals surface area contributed by atoms with Gasteiger partial charge in [0.1, 0.15) is 0 Å². The highest BCUT2D eigenvalue weighted by Gasteiger charge is 2.45. The van der Waals surface area contributed by atoms with Gasteiger partial charge in [-0.1, -0.05) is 50.8 Å². The van der Waals surface area contributed by atoms with E-state index in [0.29, 0.717) is 0 Å². The second-order valence-electron chi connectivity index (χ2n) is 8.46. The lowest BCUT2D eigenvalue weighted by Crippen LogP contribution is -2.36. The van der Waals surface area contributed by atoms with Gasteiger partial charge in [-0.2, -0.15) is 0 Å². The van der Waals surface area contributed by atoms with Gasteiger partial charge in [-0.05, 0) is 57.8 Å². The summed E-state index contributed by atoms with van der Waals surface area (Å²) in [5, 5.41) is 20.2. The molecule has 2 N–H and O–H groups in total. The van der Waals surface area contributed by atoms with Crippen molar-refractivity contribution in [2.75, 3.05) is 20.3 Å². The normalized spacial score (nSPS) is 24.3. The molecule has 1 aliphatic rings. The Hall–Kier alpha value is -1.17. The molecule has 0 aromatic carbocycles. The topological polar surface area (TPSA) is 76.0 Å². The molecule has 5 nitrogen and oxygen atoms in total. The summed E-state index contributed by atoms with van der Waals surface area (Å²) in [4.78, 5) is 11.1. The standard InChI is InChI=1S/C25H44O5/c1-3-4-21-30-23-17-19-25(28,18-13-9-8-12-16-24(27)29-2)22(23)15-11-7-5-6-10-14-20-26/h11-12,15-16,22-23,26,28H,3-10,13-14,17-21H2,1-2H3/t22-,23+,25?/m1/s1. The number of allylic oxidation sites excluding steroid dienone is 2. The SMILES string of the molecule is CCCCO[C@H]1CCC(O)(CCCCC=CC(=O)OC)[C@@H]1C=CCCCCCCO. The van der Waals surface area contributed by atoms with Gasteiger partial charge < -0.3 is 19.7 Å². The molecule has 1 aliphatic carbocycles. The summed E-state index contributed by atoms with van der Waals surface area (Å²) in [5.41, 5.74) is -0.698. The molecule has 0 radical (unpaired) electrons. The lowest BCUT2D eigenvalue weighted by atomic mass is 9.84. The van der Waals surface area contributed by atoms with E-state index in [9.17, 15) is 9.90 Å². The van der Waals surface area contributed by atoms with Crippen LogP contribution in [-0.4, -0.2) is 48.2 Å². The number of hydrogen-bond donors (Lipinski definition) is 2. The average molecular weight is 425 g/mol. The molecule has 1 unspecified atom stereocenters. The maximum Gasteiger partial charge on any atom is 0.330 e. The largest absolute Gasteiger partial charge is 0.466 e. The number of carbonyl (C=O) groups is 1. The number of ether oxygens (including phenoxy) is 2. The van der Waals surface area contributed by atoms with Crippen LogP contribution in [0, 0.1) is 5.92 Å². The second-order valence-corrected chi connectivity index (χ2v) is 8.46. The Morgan fingerprint density at radius 3 is 2.53 bits per heavy atom. The Morgan fingerprint density at radius 2 is 1.80 bits per heavy atom. The Kier molecular flexibility index (Phi) is 14.8. The van der Waals surface area contributed by atoms with E-state index in [4.69, 9.17) is 9.84 Å². The summed E-state index contributed by atoms with van der Waals surface area (Å²) in [6, 6.07) is 0. The molecular formula is C25H44O5. The van der Waals surface area contributed by atoms with Gasteiger partial charge in [0.2, 0.25) is 0 Å². The van der Waals surface area contributed by atoms with E-state index in [0.717, 1.165) is 90.1 Å². The minimum Gasteiger partial charge on any atom is -0.466 e. The van der Waals surface area contributed by atoms with E-state index >= 15 is 0 Å². The number of esters is 1. The van der Waals surface area contributed by atoms with E-state index in [1.807, 2.05) is 6.08 Å². The second kappa shape index (κ2) is 16.5. The maximum atomic E-state index is 11.4. The zero-order valence-electron chi connectivity index (χ0n) is 19.2. The summed E-state index contributed by atoms with van der Waals surface area (Å²) < 4.78 is 10.7. The van der Waals surface area contributed by atoms with Crippen molar-refractivity contribution in [3.05, 3.63) is 24.3 Å². The van der Waals surface area contributed by atoms with Crippen molar-refractivity contribution in [3.8, 4) is 0 Å². The van der Waals surface area contributed by atoms with Crippen molar-refractivity contribution in [1.29, 1.82) is 0 Å². The van der Waals surface area contributed by atoms with Crippen molar-refractivity contribution in [2.45, 2.75) is 102 Å². The minimum absolute atomic E-state index is 0.0532. The summed E-state index contributed by atoms with van der Waals surface area (Å²) in [6.45, 7) is 3.21. The zero-order chi connectivity index (χ0) is 22.1. The molecule has 174 valence electrons. The maximum absolute atomic E-state index is 11.4. The number of hydrogen-bond acceptors (Lipinski definition) is 5. The van der Waals surface area contributed by atoms with E-state index in [2.05, 4.69) is 23.8 Å². The number of methoxy groups -OCH3 is 1. The Bertz CT molecular complexity index is 502. The fourth-order valence-corrected chi connectivity index (χ4v) is 4.16. The molecule has 0 aromatic heterocycles. The lowest BCUT2D eigenvalue weighted by Gasteiger charge is -2.31.